The molecule has 2 aromatic carbocycles. The standard InChI is InChI=1S/C27H31F2N3O3/c28-21-5-7-26(23(29)12-21)35-22-10-19-14-31(15-20(19)11-22)16-25(33)17-4-6-24-18(9-17)13-30-32(24)27-3-1-2-8-34-27/h4-7,9,12-13,19-20,22,25,27,33H,1-3,8,10-11,14-16H2/t19-,20+,22?,25-,27?/m1/s1. The third-order valence-corrected chi connectivity index (χ3v) is 7.83. The number of aliphatic hydroxyl groups excluding tert-OH is 1. The van der Waals surface area contributed by atoms with Gasteiger partial charge in [-0.2, -0.15) is 5.10 Å². The molecular formula is C27H31F2N3O3. The Hall–Kier alpha value is -2.55. The van der Waals surface area contributed by atoms with Gasteiger partial charge in [-0.25, -0.2) is 13.5 Å². The van der Waals surface area contributed by atoms with Gasteiger partial charge in [-0.3, -0.25) is 4.90 Å². The third-order valence-electron chi connectivity index (χ3n) is 7.83. The average Bonchev–Trinajstić information content (AvgIpc) is 3.54. The molecule has 5 atom stereocenters. The van der Waals surface area contributed by atoms with Crippen LogP contribution >= 0.6 is 0 Å². The highest BCUT2D eigenvalue weighted by atomic mass is 19.1. The highest BCUT2D eigenvalue weighted by Gasteiger charge is 2.42. The molecule has 6 nitrogen and oxygen atoms in total. The van der Waals surface area contributed by atoms with Gasteiger partial charge >= 0.3 is 0 Å². The second kappa shape index (κ2) is 9.48. The van der Waals surface area contributed by atoms with Gasteiger partial charge in [0.25, 0.3) is 0 Å². The Morgan fingerprint density at radius 3 is 2.66 bits per heavy atom. The summed E-state index contributed by atoms with van der Waals surface area (Å²) < 4.78 is 40.8. The lowest BCUT2D eigenvalue weighted by Gasteiger charge is -2.24. The molecule has 2 aliphatic heterocycles. The minimum absolute atomic E-state index is 0.00612. The number of likely N-dealkylation sites (tertiary alicyclic amines) is 1. The molecule has 0 spiro atoms. The number of fused-ring (bicyclic) bond motifs is 2. The van der Waals surface area contributed by atoms with Crippen LogP contribution in [0.15, 0.2) is 42.6 Å². The maximum atomic E-state index is 13.9. The van der Waals surface area contributed by atoms with Crippen LogP contribution in [-0.4, -0.2) is 52.1 Å². The fraction of sp³-hybridized carbons (Fsp3) is 0.519. The average molecular weight is 484 g/mol. The summed E-state index contributed by atoms with van der Waals surface area (Å²) in [6.07, 6.45) is 6.15. The van der Waals surface area contributed by atoms with Crippen LogP contribution in [0.25, 0.3) is 10.9 Å². The van der Waals surface area contributed by atoms with E-state index in [1.807, 2.05) is 29.1 Å². The summed E-state index contributed by atoms with van der Waals surface area (Å²) in [5, 5.41) is 16.5. The molecule has 3 heterocycles. The predicted octanol–water partition coefficient (Wildman–Crippen LogP) is 4.84. The zero-order chi connectivity index (χ0) is 23.9. The van der Waals surface area contributed by atoms with E-state index in [-0.39, 0.29) is 18.1 Å². The fourth-order valence-corrected chi connectivity index (χ4v) is 6.11. The van der Waals surface area contributed by atoms with Crippen LogP contribution < -0.4 is 4.74 Å². The normalized spacial score (nSPS) is 27.9. The predicted molar refractivity (Wildman–Crippen MR) is 127 cm³/mol. The summed E-state index contributed by atoms with van der Waals surface area (Å²) >= 11 is 0. The van der Waals surface area contributed by atoms with E-state index in [1.165, 1.54) is 12.1 Å². The van der Waals surface area contributed by atoms with Crippen LogP contribution in [0.3, 0.4) is 0 Å². The molecule has 3 aliphatic rings. The number of aliphatic hydroxyl groups is 1. The Labute approximate surface area is 203 Å². The fourth-order valence-electron chi connectivity index (χ4n) is 6.11. The lowest BCUT2D eigenvalue weighted by atomic mass is 10.0. The first-order valence-corrected chi connectivity index (χ1v) is 12.6. The van der Waals surface area contributed by atoms with Crippen molar-refractivity contribution in [3.8, 4) is 5.75 Å². The van der Waals surface area contributed by atoms with Crippen molar-refractivity contribution in [2.45, 2.75) is 50.5 Å². The quantitative estimate of drug-likeness (QED) is 0.544. The number of benzene rings is 2. The van der Waals surface area contributed by atoms with Gasteiger partial charge in [0.15, 0.2) is 17.8 Å². The van der Waals surface area contributed by atoms with Gasteiger partial charge in [0.1, 0.15) is 5.82 Å². The summed E-state index contributed by atoms with van der Waals surface area (Å²) in [6, 6.07) is 9.51. The summed E-state index contributed by atoms with van der Waals surface area (Å²) in [6.45, 7) is 3.15. The van der Waals surface area contributed by atoms with Crippen LogP contribution in [0.1, 0.15) is 50.0 Å². The highest BCUT2D eigenvalue weighted by Crippen LogP contribution is 2.40. The van der Waals surface area contributed by atoms with Gasteiger partial charge in [0.05, 0.1) is 23.9 Å². The van der Waals surface area contributed by atoms with Gasteiger partial charge < -0.3 is 14.6 Å². The minimum Gasteiger partial charge on any atom is -0.487 e. The van der Waals surface area contributed by atoms with E-state index in [9.17, 15) is 13.9 Å². The molecule has 6 rings (SSSR count). The second-order valence-electron chi connectivity index (χ2n) is 10.3. The molecule has 8 heteroatoms. The largest absolute Gasteiger partial charge is 0.487 e. The number of ether oxygens (including phenoxy) is 2. The van der Waals surface area contributed by atoms with Crippen LogP contribution in [-0.2, 0) is 4.74 Å². The molecule has 1 aromatic heterocycles. The number of aromatic nitrogens is 2. The molecule has 3 fully saturated rings. The number of halogens is 2. The van der Waals surface area contributed by atoms with Crippen LogP contribution in [0.2, 0.25) is 0 Å². The Balaban J connectivity index is 1.05. The molecule has 186 valence electrons. The molecule has 2 saturated heterocycles. The maximum Gasteiger partial charge on any atom is 0.167 e. The molecule has 0 radical (unpaired) electrons. The van der Waals surface area contributed by atoms with E-state index in [0.717, 1.165) is 74.3 Å². The molecule has 1 saturated carbocycles. The van der Waals surface area contributed by atoms with Crippen molar-refractivity contribution in [2.24, 2.45) is 11.8 Å². The van der Waals surface area contributed by atoms with Crippen molar-refractivity contribution >= 4 is 10.9 Å². The number of hydrogen-bond acceptors (Lipinski definition) is 5. The van der Waals surface area contributed by atoms with Gasteiger partial charge in [0, 0.05) is 37.7 Å². The van der Waals surface area contributed by atoms with Crippen molar-refractivity contribution in [1.29, 1.82) is 0 Å². The van der Waals surface area contributed by atoms with Crippen molar-refractivity contribution in [2.75, 3.05) is 26.2 Å². The topological polar surface area (TPSA) is 59.8 Å². The monoisotopic (exact) mass is 483 g/mol. The summed E-state index contributed by atoms with van der Waals surface area (Å²) in [4.78, 5) is 2.32. The van der Waals surface area contributed by atoms with E-state index in [0.29, 0.717) is 18.4 Å². The molecule has 2 unspecified atom stereocenters. The summed E-state index contributed by atoms with van der Waals surface area (Å²) in [7, 11) is 0. The summed E-state index contributed by atoms with van der Waals surface area (Å²) in [5.74, 6) is -0.199. The maximum absolute atomic E-state index is 13.9. The molecule has 35 heavy (non-hydrogen) atoms. The van der Waals surface area contributed by atoms with E-state index >= 15 is 0 Å². The Morgan fingerprint density at radius 2 is 1.91 bits per heavy atom. The molecule has 3 aromatic rings. The van der Waals surface area contributed by atoms with Crippen molar-refractivity contribution in [3.63, 3.8) is 0 Å². The van der Waals surface area contributed by atoms with Gasteiger partial charge in [-0.05, 0) is 73.8 Å². The van der Waals surface area contributed by atoms with Crippen molar-refractivity contribution < 1.29 is 23.4 Å². The van der Waals surface area contributed by atoms with Crippen molar-refractivity contribution in [3.05, 3.63) is 59.8 Å². The highest BCUT2D eigenvalue weighted by molar-refractivity contribution is 5.79. The van der Waals surface area contributed by atoms with Crippen LogP contribution in [0.5, 0.6) is 5.75 Å². The SMILES string of the molecule is O[C@H](CN1C[C@H]2CC(Oc3ccc(F)cc3F)C[C@H]2C1)c1ccc2c(cnn2C2CCCCO2)c1. The van der Waals surface area contributed by atoms with E-state index in [2.05, 4.69) is 10.00 Å². The smallest absolute Gasteiger partial charge is 0.167 e. The summed E-state index contributed by atoms with van der Waals surface area (Å²) in [5.41, 5.74) is 1.93. The number of nitrogens with zero attached hydrogens (tertiary/aromatic N) is 3. The molecule has 0 amide bonds. The zero-order valence-corrected chi connectivity index (χ0v) is 19.7. The molecule has 1 N–H and O–H groups in total. The zero-order valence-electron chi connectivity index (χ0n) is 19.7. The Kier molecular flexibility index (Phi) is 6.20. The Bertz CT molecular complexity index is 1180. The van der Waals surface area contributed by atoms with Gasteiger partial charge in [-0.15, -0.1) is 0 Å². The third kappa shape index (κ3) is 4.67. The minimum atomic E-state index is -0.652. The molecule has 0 bridgehead atoms. The lowest BCUT2D eigenvalue weighted by molar-refractivity contribution is -0.0366. The van der Waals surface area contributed by atoms with E-state index in [1.54, 1.807) is 0 Å². The lowest BCUT2D eigenvalue weighted by Crippen LogP contribution is -2.29. The first-order valence-electron chi connectivity index (χ1n) is 12.6. The first-order chi connectivity index (χ1) is 17.0. The Morgan fingerprint density at radius 1 is 1.09 bits per heavy atom. The molecule has 1 aliphatic carbocycles. The number of hydrogen-bond donors (Lipinski definition) is 1. The first kappa shape index (κ1) is 22.9. The van der Waals surface area contributed by atoms with Gasteiger partial charge in [-0.1, -0.05) is 6.07 Å². The van der Waals surface area contributed by atoms with Crippen molar-refractivity contribution in [1.82, 2.24) is 14.7 Å². The molecular weight excluding hydrogens is 452 g/mol. The number of rotatable bonds is 6. The number of β-amino-alcohol motifs (C(OH)–C–C–N with tert-alkyl or cyclic N) is 1. The van der Waals surface area contributed by atoms with E-state index in [4.69, 9.17) is 9.47 Å². The second-order valence-corrected chi connectivity index (χ2v) is 10.3. The van der Waals surface area contributed by atoms with E-state index < -0.39 is 17.7 Å². The van der Waals surface area contributed by atoms with Crippen LogP contribution in [0.4, 0.5) is 8.78 Å². The van der Waals surface area contributed by atoms with Crippen LogP contribution in [0, 0.1) is 23.5 Å². The van der Waals surface area contributed by atoms with Gasteiger partial charge in [0.2, 0.25) is 0 Å².